The van der Waals surface area contributed by atoms with Crippen molar-refractivity contribution >= 4 is 15.7 Å². The van der Waals surface area contributed by atoms with Crippen LogP contribution in [0.1, 0.15) is 80.1 Å². The second-order valence-corrected chi connectivity index (χ2v) is 19.3. The number of benzene rings is 1. The zero-order valence-electron chi connectivity index (χ0n) is 34.1. The summed E-state index contributed by atoms with van der Waals surface area (Å²) in [4.78, 5) is 15.5. The fourth-order valence-corrected chi connectivity index (χ4v) is 10.3. The van der Waals surface area contributed by atoms with Gasteiger partial charge in [0.2, 0.25) is 5.91 Å². The zero-order chi connectivity index (χ0) is 40.1. The van der Waals surface area contributed by atoms with Crippen LogP contribution in [0.15, 0.2) is 84.3 Å². The number of sulfone groups is 1. The van der Waals surface area contributed by atoms with Crippen LogP contribution in [0.25, 0.3) is 0 Å². The molecule has 4 aliphatic heterocycles. The van der Waals surface area contributed by atoms with Crippen molar-refractivity contribution in [1.29, 1.82) is 0 Å². The molecule has 0 aromatic heterocycles. The van der Waals surface area contributed by atoms with Gasteiger partial charge in [0.15, 0.2) is 9.84 Å². The maximum Gasteiger partial charge on any atom is 0.230 e. The summed E-state index contributed by atoms with van der Waals surface area (Å²) in [6.07, 6.45) is 7.71. The predicted octanol–water partition coefficient (Wildman–Crippen LogP) is 7.25. The van der Waals surface area contributed by atoms with Gasteiger partial charge < -0.3 is 33.3 Å². The molecule has 1 aromatic rings. The smallest absolute Gasteiger partial charge is 0.230 e. The lowest BCUT2D eigenvalue weighted by atomic mass is 9.83. The van der Waals surface area contributed by atoms with Crippen LogP contribution in [0.4, 0.5) is 0 Å². The average Bonchev–Trinajstić information content (AvgIpc) is 3.75. The summed E-state index contributed by atoms with van der Waals surface area (Å²) in [5, 5.41) is 0. The third kappa shape index (κ3) is 10.9. The molecule has 0 unspecified atom stereocenters. The van der Waals surface area contributed by atoms with Crippen LogP contribution in [0.2, 0.25) is 0 Å². The van der Waals surface area contributed by atoms with Crippen molar-refractivity contribution in [2.24, 2.45) is 17.3 Å². The molecule has 0 radical (unpaired) electrons. The quantitative estimate of drug-likeness (QED) is 0.127. The highest BCUT2D eigenvalue weighted by molar-refractivity contribution is 7.91. The second-order valence-electron chi connectivity index (χ2n) is 17.3. The Balaban J connectivity index is 1.29. The van der Waals surface area contributed by atoms with E-state index in [0.29, 0.717) is 32.6 Å². The van der Waals surface area contributed by atoms with Crippen molar-refractivity contribution in [3.05, 3.63) is 79.4 Å². The number of ether oxygens (including phenoxy) is 6. The van der Waals surface area contributed by atoms with E-state index in [4.69, 9.17) is 28.4 Å². The van der Waals surface area contributed by atoms with E-state index < -0.39 is 45.2 Å². The molecule has 10 atom stereocenters. The van der Waals surface area contributed by atoms with Crippen LogP contribution >= 0.6 is 0 Å². The molecule has 1 amide bonds. The summed E-state index contributed by atoms with van der Waals surface area (Å²) in [6, 6.07) is 8.54. The Morgan fingerprint density at radius 3 is 2.40 bits per heavy atom. The molecule has 4 aliphatic rings. The van der Waals surface area contributed by atoms with Gasteiger partial charge in [-0.15, -0.1) is 6.58 Å². The molecule has 1 aromatic carbocycles. The lowest BCUT2D eigenvalue weighted by Crippen LogP contribution is -2.48. The molecular formula is C44H65NO9S. The van der Waals surface area contributed by atoms with Gasteiger partial charge in [-0.1, -0.05) is 77.3 Å². The van der Waals surface area contributed by atoms with Gasteiger partial charge in [-0.3, -0.25) is 4.79 Å². The SMILES string of the molecule is C=CCOC/C=C/[C@H]1CC(=C)[C@H](CC[C@H]2C[C@@H](C)C(=C)[C@@H](C[C@@H]3O[C@H](C[C@H]4CN(C(=O)C(C)(C)C)C(C)(C)O4)[C@H](OC)[C@H]3CS(=O)(=O)c3ccccc3)O2)O1. The first kappa shape index (κ1) is 43.5. The molecule has 11 heteroatoms. The Morgan fingerprint density at radius 1 is 1.00 bits per heavy atom. The zero-order valence-corrected chi connectivity index (χ0v) is 34.9. The number of amides is 1. The summed E-state index contributed by atoms with van der Waals surface area (Å²) < 4.78 is 65.8. The molecule has 55 heavy (non-hydrogen) atoms. The summed E-state index contributed by atoms with van der Waals surface area (Å²) >= 11 is 0. The summed E-state index contributed by atoms with van der Waals surface area (Å²) in [5.74, 6) is -0.388. The lowest BCUT2D eigenvalue weighted by Gasteiger charge is -2.38. The van der Waals surface area contributed by atoms with E-state index in [2.05, 4.69) is 26.7 Å². The van der Waals surface area contributed by atoms with E-state index in [0.717, 1.165) is 36.8 Å². The number of rotatable bonds is 16. The largest absolute Gasteiger partial charge is 0.378 e. The highest BCUT2D eigenvalue weighted by Gasteiger charge is 2.52. The van der Waals surface area contributed by atoms with Gasteiger partial charge in [0.1, 0.15) is 5.72 Å². The number of methoxy groups -OCH3 is 1. The molecule has 0 aliphatic carbocycles. The Kier molecular flexibility index (Phi) is 14.5. The molecule has 0 spiro atoms. The lowest BCUT2D eigenvalue weighted by molar-refractivity contribution is -0.154. The molecular weight excluding hydrogens is 719 g/mol. The molecule has 0 saturated carbocycles. The number of hydrogen-bond donors (Lipinski definition) is 0. The third-order valence-electron chi connectivity index (χ3n) is 11.6. The van der Waals surface area contributed by atoms with Crippen LogP contribution in [0.3, 0.4) is 0 Å². The van der Waals surface area contributed by atoms with Crippen molar-refractivity contribution in [2.75, 3.05) is 32.6 Å². The van der Waals surface area contributed by atoms with Gasteiger partial charge in [-0.05, 0) is 62.3 Å². The first-order chi connectivity index (χ1) is 25.9. The summed E-state index contributed by atoms with van der Waals surface area (Å²) in [6.45, 7) is 25.6. The van der Waals surface area contributed by atoms with Crippen molar-refractivity contribution in [3.8, 4) is 0 Å². The van der Waals surface area contributed by atoms with Crippen molar-refractivity contribution in [3.63, 3.8) is 0 Å². The van der Waals surface area contributed by atoms with Gasteiger partial charge in [0.25, 0.3) is 0 Å². The van der Waals surface area contributed by atoms with Crippen molar-refractivity contribution in [2.45, 2.75) is 140 Å². The van der Waals surface area contributed by atoms with Crippen LogP contribution in [-0.2, 0) is 43.1 Å². The monoisotopic (exact) mass is 783 g/mol. The fourth-order valence-electron chi connectivity index (χ4n) is 8.60. The van der Waals surface area contributed by atoms with E-state index in [1.165, 1.54) is 0 Å². The number of hydrogen-bond acceptors (Lipinski definition) is 9. The normalized spacial score (nSPS) is 32.8. The minimum atomic E-state index is -3.68. The van der Waals surface area contributed by atoms with E-state index in [9.17, 15) is 13.2 Å². The van der Waals surface area contributed by atoms with Crippen LogP contribution < -0.4 is 0 Å². The van der Waals surface area contributed by atoms with Crippen LogP contribution in [-0.4, -0.2) is 106 Å². The Hall–Kier alpha value is -2.64. The first-order valence-electron chi connectivity index (χ1n) is 19.9. The van der Waals surface area contributed by atoms with Crippen LogP contribution in [0, 0.1) is 17.3 Å². The second kappa shape index (κ2) is 18.3. The maximum atomic E-state index is 13.9. The Morgan fingerprint density at radius 2 is 1.73 bits per heavy atom. The van der Waals surface area contributed by atoms with E-state index >= 15 is 0 Å². The van der Waals surface area contributed by atoms with E-state index in [1.807, 2.05) is 46.8 Å². The fraction of sp³-hybridized carbons (Fsp3) is 0.659. The number of nitrogens with zero attached hydrogens (tertiary/aromatic N) is 1. The van der Waals surface area contributed by atoms with Gasteiger partial charge >= 0.3 is 0 Å². The molecule has 0 N–H and O–H groups in total. The molecule has 4 heterocycles. The van der Waals surface area contributed by atoms with Crippen LogP contribution in [0.5, 0.6) is 0 Å². The highest BCUT2D eigenvalue weighted by Crippen LogP contribution is 2.42. The highest BCUT2D eigenvalue weighted by atomic mass is 32.2. The molecule has 4 saturated heterocycles. The standard InChI is InChI=1S/C44H65NO9S/c1-11-21-50-22-15-16-32-24-30(3)37(51-32)20-19-33-23-29(2)31(4)38(52-33)26-39-36(28-55(47,48)35-17-13-12-14-18-35)41(49-10)40(53-39)25-34-27-45(44(8,9)54-34)42(46)43(5,6)7/h11-18,29,32-34,36-41H,1,3-4,19-28H2,2,5-10H3/b16-15+/t29-,32+,33+,34+,36+,37+,38-,39+,40-,41-/m1/s1. The van der Waals surface area contributed by atoms with Gasteiger partial charge in [0.05, 0.1) is 72.7 Å². The molecule has 0 bridgehead atoms. The summed E-state index contributed by atoms with van der Waals surface area (Å²) in [5.41, 5.74) is 0.722. The minimum Gasteiger partial charge on any atom is -0.378 e. The van der Waals surface area contributed by atoms with Crippen molar-refractivity contribution in [1.82, 2.24) is 4.90 Å². The molecule has 10 nitrogen and oxygen atoms in total. The first-order valence-corrected chi connectivity index (χ1v) is 21.6. The van der Waals surface area contributed by atoms with Gasteiger partial charge in [-0.2, -0.15) is 0 Å². The Labute approximate surface area is 330 Å². The summed E-state index contributed by atoms with van der Waals surface area (Å²) in [7, 11) is -2.07. The minimum absolute atomic E-state index is 0.0162. The molecule has 5 rings (SSSR count). The topological polar surface area (TPSA) is 110 Å². The Bertz CT molecular complexity index is 1630. The van der Waals surface area contributed by atoms with Crippen molar-refractivity contribution < 1.29 is 41.6 Å². The maximum absolute atomic E-state index is 13.9. The molecule has 4 fully saturated rings. The average molecular weight is 784 g/mol. The van der Waals surface area contributed by atoms with Gasteiger partial charge in [-0.25, -0.2) is 8.42 Å². The van der Waals surface area contributed by atoms with E-state index in [1.54, 1.807) is 48.4 Å². The van der Waals surface area contributed by atoms with E-state index in [-0.39, 0.29) is 53.0 Å². The van der Waals surface area contributed by atoms with Gasteiger partial charge in [0, 0.05) is 44.2 Å². The predicted molar refractivity (Wildman–Crippen MR) is 214 cm³/mol. The number of carbonyl (C=O) groups is 1. The molecule has 306 valence electrons. The third-order valence-corrected chi connectivity index (χ3v) is 13.4. The number of carbonyl (C=O) groups excluding carboxylic acids is 1.